The molecular weight excluding hydrogens is 242 g/mol. The summed E-state index contributed by atoms with van der Waals surface area (Å²) in [6, 6.07) is 0. The van der Waals surface area contributed by atoms with Gasteiger partial charge >= 0.3 is 0 Å². The van der Waals surface area contributed by atoms with E-state index in [1.165, 1.54) is 0 Å². The normalized spacial score (nSPS) is 19.1. The lowest BCUT2D eigenvalue weighted by Gasteiger charge is -2.21. The lowest BCUT2D eigenvalue weighted by Crippen LogP contribution is -2.44. The molecule has 17 heavy (non-hydrogen) atoms. The highest BCUT2D eigenvalue weighted by atomic mass is 35.5. The second-order valence-electron chi connectivity index (χ2n) is 4.08. The van der Waals surface area contributed by atoms with E-state index < -0.39 is 0 Å². The Balaban J connectivity index is 0.00000256. The van der Waals surface area contributed by atoms with Crippen molar-refractivity contribution in [1.29, 1.82) is 0 Å². The monoisotopic (exact) mass is 263 g/mol. The molecule has 1 atom stereocenters. The van der Waals surface area contributed by atoms with E-state index in [0.717, 1.165) is 19.5 Å². The van der Waals surface area contributed by atoms with Gasteiger partial charge in [-0.1, -0.05) is 6.92 Å². The predicted molar refractivity (Wildman–Crippen MR) is 69.2 cm³/mol. The Labute approximate surface area is 109 Å². The smallest absolute Gasteiger partial charge is 0.224 e. The van der Waals surface area contributed by atoms with Crippen molar-refractivity contribution in [3.05, 3.63) is 0 Å². The molecule has 1 fully saturated rings. The number of nitrogens with one attached hydrogen (secondary N) is 3. The molecule has 0 saturated carbocycles. The van der Waals surface area contributed by atoms with Crippen molar-refractivity contribution >= 4 is 24.2 Å². The molecule has 1 aliphatic heterocycles. The van der Waals surface area contributed by atoms with Crippen molar-refractivity contribution < 1.29 is 9.59 Å². The van der Waals surface area contributed by atoms with E-state index >= 15 is 0 Å². The maximum atomic E-state index is 11.6. The maximum Gasteiger partial charge on any atom is 0.224 e. The lowest BCUT2D eigenvalue weighted by molar-refractivity contribution is -0.128. The number of hydrogen-bond acceptors (Lipinski definition) is 3. The van der Waals surface area contributed by atoms with Crippen molar-refractivity contribution in [1.82, 2.24) is 16.0 Å². The number of rotatable bonds is 6. The highest BCUT2D eigenvalue weighted by molar-refractivity contribution is 5.85. The standard InChI is InChI=1S/C11H21N3O2.ClH/c1-2-5-12-6-7-13-11(16)9-3-4-10(15)14-8-9;/h9,12H,2-8H2,1H3,(H,13,16)(H,14,15);1H. The van der Waals surface area contributed by atoms with Crippen molar-refractivity contribution in [2.24, 2.45) is 5.92 Å². The summed E-state index contributed by atoms with van der Waals surface area (Å²) < 4.78 is 0. The molecule has 0 aromatic rings. The third-order valence-corrected chi connectivity index (χ3v) is 2.66. The average molecular weight is 264 g/mol. The minimum atomic E-state index is -0.0520. The van der Waals surface area contributed by atoms with Crippen molar-refractivity contribution in [3.8, 4) is 0 Å². The summed E-state index contributed by atoms with van der Waals surface area (Å²) in [5.41, 5.74) is 0. The van der Waals surface area contributed by atoms with Crippen LogP contribution in [0.5, 0.6) is 0 Å². The van der Waals surface area contributed by atoms with Crippen LogP contribution in [0.2, 0.25) is 0 Å². The van der Waals surface area contributed by atoms with Gasteiger partial charge in [0.05, 0.1) is 5.92 Å². The van der Waals surface area contributed by atoms with Gasteiger partial charge < -0.3 is 16.0 Å². The molecule has 100 valence electrons. The van der Waals surface area contributed by atoms with E-state index in [0.29, 0.717) is 25.9 Å². The van der Waals surface area contributed by atoms with Crippen LogP contribution in [0, 0.1) is 5.92 Å². The number of carbonyl (C=O) groups is 2. The van der Waals surface area contributed by atoms with Crippen LogP contribution in [0.1, 0.15) is 26.2 Å². The summed E-state index contributed by atoms with van der Waals surface area (Å²) in [6.07, 6.45) is 2.23. The van der Waals surface area contributed by atoms with E-state index in [9.17, 15) is 9.59 Å². The van der Waals surface area contributed by atoms with Crippen molar-refractivity contribution in [2.45, 2.75) is 26.2 Å². The molecule has 0 radical (unpaired) electrons. The van der Waals surface area contributed by atoms with Crippen molar-refractivity contribution in [2.75, 3.05) is 26.2 Å². The SMILES string of the molecule is CCCNCCNC(=O)C1CCC(=O)NC1.Cl. The van der Waals surface area contributed by atoms with Gasteiger partial charge in [-0.15, -0.1) is 12.4 Å². The molecule has 1 rings (SSSR count). The second kappa shape index (κ2) is 9.24. The summed E-state index contributed by atoms with van der Waals surface area (Å²) in [7, 11) is 0. The van der Waals surface area contributed by atoms with E-state index in [2.05, 4.69) is 22.9 Å². The molecule has 0 spiro atoms. The summed E-state index contributed by atoms with van der Waals surface area (Å²) in [4.78, 5) is 22.6. The quantitative estimate of drug-likeness (QED) is 0.593. The third kappa shape index (κ3) is 6.48. The van der Waals surface area contributed by atoms with E-state index in [-0.39, 0.29) is 30.1 Å². The van der Waals surface area contributed by atoms with Gasteiger partial charge in [0.15, 0.2) is 0 Å². The van der Waals surface area contributed by atoms with Gasteiger partial charge in [-0.2, -0.15) is 0 Å². The highest BCUT2D eigenvalue weighted by Gasteiger charge is 2.23. The average Bonchev–Trinajstić information content (AvgIpc) is 2.29. The fraction of sp³-hybridized carbons (Fsp3) is 0.818. The van der Waals surface area contributed by atoms with Crippen molar-refractivity contribution in [3.63, 3.8) is 0 Å². The summed E-state index contributed by atoms with van der Waals surface area (Å²) >= 11 is 0. The van der Waals surface area contributed by atoms with Crippen LogP contribution in [0.15, 0.2) is 0 Å². The van der Waals surface area contributed by atoms with Crippen LogP contribution in [0.4, 0.5) is 0 Å². The largest absolute Gasteiger partial charge is 0.355 e. The minimum Gasteiger partial charge on any atom is -0.355 e. The lowest BCUT2D eigenvalue weighted by atomic mass is 9.98. The fourth-order valence-electron chi connectivity index (χ4n) is 1.68. The van der Waals surface area contributed by atoms with Crippen LogP contribution in [0.3, 0.4) is 0 Å². The molecule has 0 aromatic heterocycles. The van der Waals surface area contributed by atoms with E-state index in [1.54, 1.807) is 0 Å². The van der Waals surface area contributed by atoms with Crippen LogP contribution in [-0.4, -0.2) is 38.0 Å². The van der Waals surface area contributed by atoms with E-state index in [1.807, 2.05) is 0 Å². The van der Waals surface area contributed by atoms with Crippen LogP contribution >= 0.6 is 12.4 Å². The number of carbonyl (C=O) groups excluding carboxylic acids is 2. The Hall–Kier alpha value is -0.810. The summed E-state index contributed by atoms with van der Waals surface area (Å²) in [5, 5.41) is 8.80. The molecular formula is C11H22ClN3O2. The van der Waals surface area contributed by atoms with Crippen LogP contribution < -0.4 is 16.0 Å². The Morgan fingerprint density at radius 3 is 2.76 bits per heavy atom. The Bertz CT molecular complexity index is 239. The van der Waals surface area contributed by atoms with Crippen LogP contribution in [-0.2, 0) is 9.59 Å². The first kappa shape index (κ1) is 16.2. The Morgan fingerprint density at radius 1 is 1.41 bits per heavy atom. The minimum absolute atomic E-state index is 0. The van der Waals surface area contributed by atoms with Gasteiger partial charge in [-0.3, -0.25) is 9.59 Å². The van der Waals surface area contributed by atoms with Gasteiger partial charge in [-0.25, -0.2) is 0 Å². The second-order valence-corrected chi connectivity index (χ2v) is 4.08. The highest BCUT2D eigenvalue weighted by Crippen LogP contribution is 2.10. The molecule has 6 heteroatoms. The Morgan fingerprint density at radius 2 is 2.18 bits per heavy atom. The zero-order chi connectivity index (χ0) is 11.8. The number of amides is 2. The first-order valence-corrected chi connectivity index (χ1v) is 5.99. The zero-order valence-corrected chi connectivity index (χ0v) is 11.1. The molecule has 1 aliphatic rings. The van der Waals surface area contributed by atoms with Gasteiger partial charge in [0.1, 0.15) is 0 Å². The fourth-order valence-corrected chi connectivity index (χ4v) is 1.68. The molecule has 3 N–H and O–H groups in total. The van der Waals surface area contributed by atoms with Gasteiger partial charge in [0.2, 0.25) is 11.8 Å². The topological polar surface area (TPSA) is 70.2 Å². The number of hydrogen-bond donors (Lipinski definition) is 3. The van der Waals surface area contributed by atoms with E-state index in [4.69, 9.17) is 0 Å². The Kier molecular flexibility index (Phi) is 8.80. The number of halogens is 1. The predicted octanol–water partition coefficient (Wildman–Crippen LogP) is 0.0502. The molecule has 1 heterocycles. The zero-order valence-electron chi connectivity index (χ0n) is 10.3. The molecule has 1 saturated heterocycles. The van der Waals surface area contributed by atoms with Gasteiger partial charge in [-0.05, 0) is 19.4 Å². The molecule has 0 bridgehead atoms. The van der Waals surface area contributed by atoms with Gasteiger partial charge in [0.25, 0.3) is 0 Å². The summed E-state index contributed by atoms with van der Waals surface area (Å²) in [6.45, 7) is 5.03. The van der Waals surface area contributed by atoms with Gasteiger partial charge in [0, 0.05) is 26.1 Å². The molecule has 5 nitrogen and oxygen atoms in total. The molecule has 2 amide bonds. The van der Waals surface area contributed by atoms with Crippen LogP contribution in [0.25, 0.3) is 0 Å². The molecule has 0 aromatic carbocycles. The maximum absolute atomic E-state index is 11.6. The summed E-state index contributed by atoms with van der Waals surface area (Å²) in [5.74, 6) is 0.0517. The molecule has 1 unspecified atom stereocenters. The number of piperidine rings is 1. The first-order chi connectivity index (χ1) is 7.74. The first-order valence-electron chi connectivity index (χ1n) is 5.99. The third-order valence-electron chi connectivity index (χ3n) is 2.66. The molecule has 0 aliphatic carbocycles.